The van der Waals surface area contributed by atoms with E-state index in [2.05, 4.69) is 46.5 Å². The van der Waals surface area contributed by atoms with E-state index in [9.17, 15) is 4.79 Å². The molecule has 0 saturated heterocycles. The van der Waals surface area contributed by atoms with Crippen molar-refractivity contribution in [2.45, 2.75) is 25.3 Å². The van der Waals surface area contributed by atoms with Crippen LogP contribution in [-0.2, 0) is 0 Å². The maximum Gasteiger partial charge on any atom is 0.251 e. The molecular formula is C20H20N4O. The maximum absolute atomic E-state index is 12.6. The van der Waals surface area contributed by atoms with Gasteiger partial charge in [0.1, 0.15) is 12.1 Å². The fourth-order valence-corrected chi connectivity index (χ4v) is 3.34. The number of carbonyl (C=O) groups excluding carboxylic acids is 1. The summed E-state index contributed by atoms with van der Waals surface area (Å²) < 4.78 is 1.78. The Morgan fingerprint density at radius 3 is 2.84 bits per heavy atom. The molecule has 1 aliphatic carbocycles. The van der Waals surface area contributed by atoms with Crippen molar-refractivity contribution in [3.8, 4) is 5.82 Å². The summed E-state index contributed by atoms with van der Waals surface area (Å²) in [5, 5.41) is 3.14. The molecule has 3 unspecified atom stereocenters. The van der Waals surface area contributed by atoms with Crippen molar-refractivity contribution in [3.63, 3.8) is 0 Å². The van der Waals surface area contributed by atoms with Gasteiger partial charge in [-0.2, -0.15) is 0 Å². The van der Waals surface area contributed by atoms with Crippen LogP contribution in [0.2, 0.25) is 0 Å². The number of nitrogens with one attached hydrogen (secondary N) is 1. The fourth-order valence-electron chi connectivity index (χ4n) is 3.34. The van der Waals surface area contributed by atoms with E-state index in [1.807, 2.05) is 6.07 Å². The minimum atomic E-state index is -0.0602. The smallest absolute Gasteiger partial charge is 0.251 e. The third-order valence-electron chi connectivity index (χ3n) is 4.85. The Labute approximate surface area is 146 Å². The van der Waals surface area contributed by atoms with Crippen LogP contribution in [0.5, 0.6) is 0 Å². The third-order valence-corrected chi connectivity index (χ3v) is 4.85. The molecule has 1 saturated carbocycles. The first-order chi connectivity index (χ1) is 12.2. The lowest BCUT2D eigenvalue weighted by Crippen LogP contribution is -2.34. The number of carbonyl (C=O) groups is 1. The second-order valence-electron chi connectivity index (χ2n) is 6.55. The molecule has 25 heavy (non-hydrogen) atoms. The highest BCUT2D eigenvalue weighted by Crippen LogP contribution is 2.49. The van der Waals surface area contributed by atoms with Crippen LogP contribution >= 0.6 is 0 Å². The van der Waals surface area contributed by atoms with Crippen LogP contribution < -0.4 is 5.32 Å². The SMILES string of the molecule is CC(NC(=O)c1ccnc(-n2ccnc2)c1)C1CC1c1ccccc1. The number of aromatic nitrogens is 3. The second kappa shape index (κ2) is 6.51. The van der Waals surface area contributed by atoms with Crippen molar-refractivity contribution < 1.29 is 4.79 Å². The van der Waals surface area contributed by atoms with E-state index in [1.165, 1.54) is 5.56 Å². The molecule has 2 heterocycles. The van der Waals surface area contributed by atoms with Crippen LogP contribution in [0.4, 0.5) is 0 Å². The lowest BCUT2D eigenvalue weighted by atomic mass is 10.1. The molecule has 2 aromatic heterocycles. The quantitative estimate of drug-likeness (QED) is 0.780. The van der Waals surface area contributed by atoms with Gasteiger partial charge >= 0.3 is 0 Å². The molecule has 0 radical (unpaired) electrons. The van der Waals surface area contributed by atoms with Crippen molar-refractivity contribution in [1.82, 2.24) is 19.9 Å². The Kier molecular flexibility index (Phi) is 4.06. The van der Waals surface area contributed by atoms with E-state index in [1.54, 1.807) is 41.6 Å². The molecule has 0 spiro atoms. The van der Waals surface area contributed by atoms with Gasteiger partial charge in [-0.15, -0.1) is 0 Å². The zero-order valence-corrected chi connectivity index (χ0v) is 14.0. The lowest BCUT2D eigenvalue weighted by molar-refractivity contribution is 0.0935. The number of amides is 1. The number of rotatable bonds is 5. The Hall–Kier alpha value is -2.95. The molecule has 1 aromatic carbocycles. The zero-order chi connectivity index (χ0) is 17.2. The summed E-state index contributed by atoms with van der Waals surface area (Å²) in [6, 6.07) is 14.2. The van der Waals surface area contributed by atoms with Crippen LogP contribution in [0.3, 0.4) is 0 Å². The summed E-state index contributed by atoms with van der Waals surface area (Å²) in [6.45, 7) is 2.09. The number of hydrogen-bond donors (Lipinski definition) is 1. The Bertz CT molecular complexity index is 860. The van der Waals surface area contributed by atoms with Crippen LogP contribution in [0.15, 0.2) is 67.4 Å². The largest absolute Gasteiger partial charge is 0.349 e. The highest BCUT2D eigenvalue weighted by Gasteiger charge is 2.42. The highest BCUT2D eigenvalue weighted by molar-refractivity contribution is 5.94. The van der Waals surface area contributed by atoms with Crippen LogP contribution in [0.1, 0.15) is 35.2 Å². The maximum atomic E-state index is 12.6. The van der Waals surface area contributed by atoms with Gasteiger partial charge in [-0.05, 0) is 42.9 Å². The number of imidazole rings is 1. The molecule has 5 nitrogen and oxygen atoms in total. The molecule has 1 fully saturated rings. The van der Waals surface area contributed by atoms with Gasteiger partial charge in [0.25, 0.3) is 5.91 Å². The summed E-state index contributed by atoms with van der Waals surface area (Å²) in [5.41, 5.74) is 1.97. The molecule has 1 N–H and O–H groups in total. The van der Waals surface area contributed by atoms with Crippen molar-refractivity contribution >= 4 is 5.91 Å². The van der Waals surface area contributed by atoms with Crippen LogP contribution in [-0.4, -0.2) is 26.5 Å². The van der Waals surface area contributed by atoms with Gasteiger partial charge in [0.15, 0.2) is 0 Å². The van der Waals surface area contributed by atoms with Crippen molar-refractivity contribution in [1.29, 1.82) is 0 Å². The minimum absolute atomic E-state index is 0.0602. The Morgan fingerprint density at radius 2 is 2.08 bits per heavy atom. The first kappa shape index (κ1) is 15.6. The normalized spacial score (nSPS) is 20.0. The van der Waals surface area contributed by atoms with E-state index in [4.69, 9.17) is 0 Å². The van der Waals surface area contributed by atoms with Gasteiger partial charge in [-0.3, -0.25) is 9.36 Å². The van der Waals surface area contributed by atoms with Crippen molar-refractivity contribution in [2.75, 3.05) is 0 Å². The number of nitrogens with zero attached hydrogens (tertiary/aromatic N) is 3. The zero-order valence-electron chi connectivity index (χ0n) is 14.0. The van der Waals surface area contributed by atoms with E-state index in [0.29, 0.717) is 23.2 Å². The summed E-state index contributed by atoms with van der Waals surface area (Å²) in [4.78, 5) is 20.9. The number of pyridine rings is 1. The summed E-state index contributed by atoms with van der Waals surface area (Å²) >= 11 is 0. The summed E-state index contributed by atoms with van der Waals surface area (Å²) in [6.07, 6.45) is 7.94. The standard InChI is InChI=1S/C20H20N4O/c1-14(17-12-18(17)15-5-3-2-4-6-15)23-20(25)16-7-8-22-19(11-16)24-10-9-21-13-24/h2-11,13-14,17-18H,12H2,1H3,(H,23,25). The summed E-state index contributed by atoms with van der Waals surface area (Å²) in [5.74, 6) is 1.68. The molecule has 1 aliphatic rings. The molecule has 0 aliphatic heterocycles. The van der Waals surface area contributed by atoms with Gasteiger partial charge < -0.3 is 5.32 Å². The Morgan fingerprint density at radius 1 is 1.24 bits per heavy atom. The molecule has 3 atom stereocenters. The highest BCUT2D eigenvalue weighted by atomic mass is 16.1. The molecule has 4 rings (SSSR count). The van der Waals surface area contributed by atoms with Gasteiger partial charge in [0, 0.05) is 30.2 Å². The lowest BCUT2D eigenvalue weighted by Gasteiger charge is -2.14. The average molecular weight is 332 g/mol. The fraction of sp³-hybridized carbons (Fsp3) is 0.250. The monoisotopic (exact) mass is 332 g/mol. The molecule has 0 bridgehead atoms. The molecule has 1 amide bonds. The van der Waals surface area contributed by atoms with Crippen molar-refractivity contribution in [2.24, 2.45) is 5.92 Å². The topological polar surface area (TPSA) is 59.8 Å². The number of hydrogen-bond acceptors (Lipinski definition) is 3. The summed E-state index contributed by atoms with van der Waals surface area (Å²) in [7, 11) is 0. The van der Waals surface area contributed by atoms with Gasteiger partial charge in [-0.25, -0.2) is 9.97 Å². The first-order valence-electron chi connectivity index (χ1n) is 8.52. The predicted molar refractivity (Wildman–Crippen MR) is 95.6 cm³/mol. The first-order valence-corrected chi connectivity index (χ1v) is 8.52. The second-order valence-corrected chi connectivity index (χ2v) is 6.55. The van der Waals surface area contributed by atoms with Gasteiger partial charge in [0.2, 0.25) is 0 Å². The molecule has 3 aromatic rings. The van der Waals surface area contributed by atoms with E-state index >= 15 is 0 Å². The van der Waals surface area contributed by atoms with E-state index in [0.717, 1.165) is 6.42 Å². The van der Waals surface area contributed by atoms with Crippen LogP contribution in [0, 0.1) is 5.92 Å². The predicted octanol–water partition coefficient (Wildman–Crippen LogP) is 3.19. The molecular weight excluding hydrogens is 312 g/mol. The third kappa shape index (κ3) is 3.31. The minimum Gasteiger partial charge on any atom is -0.349 e. The number of benzene rings is 1. The molecule has 5 heteroatoms. The van der Waals surface area contributed by atoms with E-state index in [-0.39, 0.29) is 11.9 Å². The Balaban J connectivity index is 1.42. The van der Waals surface area contributed by atoms with Gasteiger partial charge in [0.05, 0.1) is 0 Å². The molecule has 126 valence electrons. The average Bonchev–Trinajstić information content (AvgIpc) is 3.27. The van der Waals surface area contributed by atoms with Crippen LogP contribution in [0.25, 0.3) is 5.82 Å². The van der Waals surface area contributed by atoms with Gasteiger partial charge in [-0.1, -0.05) is 30.3 Å². The van der Waals surface area contributed by atoms with E-state index < -0.39 is 0 Å². The van der Waals surface area contributed by atoms with Crippen molar-refractivity contribution in [3.05, 3.63) is 78.5 Å².